The fourth-order valence-electron chi connectivity index (χ4n) is 1.48. The van der Waals surface area contributed by atoms with Crippen molar-refractivity contribution in [1.29, 1.82) is 0 Å². The molecule has 2 heteroatoms. The van der Waals surface area contributed by atoms with Crippen molar-refractivity contribution in [3.05, 3.63) is 12.2 Å². The summed E-state index contributed by atoms with van der Waals surface area (Å²) in [6, 6.07) is 0. The van der Waals surface area contributed by atoms with Crippen LogP contribution in [0.1, 0.15) is 25.7 Å². The van der Waals surface area contributed by atoms with Gasteiger partial charge < -0.3 is 9.84 Å². The monoisotopic (exact) mass is 156 g/mol. The summed E-state index contributed by atoms with van der Waals surface area (Å²) in [4.78, 5) is 0. The highest BCUT2D eigenvalue weighted by Gasteiger charge is 2.29. The van der Waals surface area contributed by atoms with Crippen LogP contribution >= 0.6 is 0 Å². The first-order valence-corrected chi connectivity index (χ1v) is 4.04. The first-order chi connectivity index (χ1) is 5.16. The Bertz CT molecular complexity index is 142. The van der Waals surface area contributed by atoms with Gasteiger partial charge in [0, 0.05) is 7.11 Å². The van der Waals surface area contributed by atoms with Gasteiger partial charge >= 0.3 is 0 Å². The molecule has 0 heterocycles. The van der Waals surface area contributed by atoms with Crippen LogP contribution in [0.3, 0.4) is 0 Å². The van der Waals surface area contributed by atoms with Gasteiger partial charge in [0.2, 0.25) is 0 Å². The SMILES string of the molecule is C=C1CCC(O)(COC)CC1. The maximum absolute atomic E-state index is 9.82. The van der Waals surface area contributed by atoms with E-state index in [-0.39, 0.29) is 0 Å². The predicted molar refractivity (Wildman–Crippen MR) is 44.4 cm³/mol. The summed E-state index contributed by atoms with van der Waals surface area (Å²) in [5.74, 6) is 0. The van der Waals surface area contributed by atoms with Crippen LogP contribution in [-0.2, 0) is 4.74 Å². The third kappa shape index (κ3) is 2.31. The lowest BCUT2D eigenvalue weighted by Gasteiger charge is -2.32. The van der Waals surface area contributed by atoms with Gasteiger partial charge in [0.05, 0.1) is 12.2 Å². The number of hydrogen-bond donors (Lipinski definition) is 1. The summed E-state index contributed by atoms with van der Waals surface area (Å²) in [6.07, 6.45) is 3.50. The fourth-order valence-corrected chi connectivity index (χ4v) is 1.48. The van der Waals surface area contributed by atoms with E-state index in [2.05, 4.69) is 6.58 Å². The van der Waals surface area contributed by atoms with Gasteiger partial charge in [-0.3, -0.25) is 0 Å². The third-order valence-corrected chi connectivity index (χ3v) is 2.30. The summed E-state index contributed by atoms with van der Waals surface area (Å²) in [5.41, 5.74) is 0.682. The summed E-state index contributed by atoms with van der Waals surface area (Å²) in [6.45, 7) is 4.35. The number of rotatable bonds is 2. The zero-order chi connectivity index (χ0) is 8.32. The van der Waals surface area contributed by atoms with Crippen molar-refractivity contribution in [3.63, 3.8) is 0 Å². The highest BCUT2D eigenvalue weighted by molar-refractivity contribution is 5.03. The van der Waals surface area contributed by atoms with E-state index in [9.17, 15) is 5.11 Å². The van der Waals surface area contributed by atoms with Crippen molar-refractivity contribution in [1.82, 2.24) is 0 Å². The van der Waals surface area contributed by atoms with Crippen LogP contribution in [-0.4, -0.2) is 24.4 Å². The average molecular weight is 156 g/mol. The molecule has 0 aromatic carbocycles. The normalized spacial score (nSPS) is 23.6. The van der Waals surface area contributed by atoms with Gasteiger partial charge in [-0.1, -0.05) is 12.2 Å². The molecule has 0 aromatic rings. The predicted octanol–water partition coefficient (Wildman–Crippen LogP) is 1.49. The zero-order valence-corrected chi connectivity index (χ0v) is 7.10. The van der Waals surface area contributed by atoms with E-state index < -0.39 is 5.60 Å². The number of ether oxygens (including phenoxy) is 1. The van der Waals surface area contributed by atoms with Crippen molar-refractivity contribution in [2.24, 2.45) is 0 Å². The molecule has 2 nitrogen and oxygen atoms in total. The van der Waals surface area contributed by atoms with Crippen LogP contribution in [0.4, 0.5) is 0 Å². The largest absolute Gasteiger partial charge is 0.387 e. The van der Waals surface area contributed by atoms with Gasteiger partial charge in [0.1, 0.15) is 0 Å². The lowest BCUT2D eigenvalue weighted by Crippen LogP contribution is -2.36. The molecular weight excluding hydrogens is 140 g/mol. The average Bonchev–Trinajstić information content (AvgIpc) is 1.97. The Morgan fingerprint density at radius 1 is 1.55 bits per heavy atom. The molecule has 0 aliphatic heterocycles. The van der Waals surface area contributed by atoms with E-state index in [4.69, 9.17) is 4.74 Å². The molecule has 0 aromatic heterocycles. The van der Waals surface area contributed by atoms with Crippen LogP contribution in [0, 0.1) is 0 Å². The first kappa shape index (κ1) is 8.75. The van der Waals surface area contributed by atoms with E-state index >= 15 is 0 Å². The van der Waals surface area contributed by atoms with Crippen LogP contribution in [0.25, 0.3) is 0 Å². The third-order valence-electron chi connectivity index (χ3n) is 2.30. The highest BCUT2D eigenvalue weighted by Crippen LogP contribution is 2.30. The van der Waals surface area contributed by atoms with Gasteiger partial charge in [0.15, 0.2) is 0 Å². The summed E-state index contributed by atoms with van der Waals surface area (Å²) < 4.78 is 4.94. The second-order valence-electron chi connectivity index (χ2n) is 3.41. The van der Waals surface area contributed by atoms with Crippen LogP contribution in [0.5, 0.6) is 0 Å². The standard InChI is InChI=1S/C9H16O2/c1-8-3-5-9(10,6-4-8)7-11-2/h10H,1,3-7H2,2H3. The number of hydrogen-bond acceptors (Lipinski definition) is 2. The maximum atomic E-state index is 9.82. The summed E-state index contributed by atoms with van der Waals surface area (Å²) in [5, 5.41) is 9.82. The van der Waals surface area contributed by atoms with E-state index in [0.29, 0.717) is 6.61 Å². The van der Waals surface area contributed by atoms with Gasteiger partial charge in [-0.2, -0.15) is 0 Å². The quantitative estimate of drug-likeness (QED) is 0.614. The van der Waals surface area contributed by atoms with Gasteiger partial charge in [-0.25, -0.2) is 0 Å². The molecule has 1 fully saturated rings. The molecule has 0 unspecified atom stereocenters. The molecule has 1 saturated carbocycles. The van der Waals surface area contributed by atoms with Crippen molar-refractivity contribution >= 4 is 0 Å². The Kier molecular flexibility index (Phi) is 2.68. The molecule has 0 radical (unpaired) electrons. The molecule has 0 atom stereocenters. The van der Waals surface area contributed by atoms with Crippen molar-refractivity contribution in [3.8, 4) is 0 Å². The lowest BCUT2D eigenvalue weighted by atomic mass is 9.83. The van der Waals surface area contributed by atoms with Crippen LogP contribution < -0.4 is 0 Å². The molecule has 0 saturated heterocycles. The molecule has 1 aliphatic carbocycles. The van der Waals surface area contributed by atoms with E-state index in [1.54, 1.807) is 7.11 Å². The lowest BCUT2D eigenvalue weighted by molar-refractivity contribution is -0.0490. The second-order valence-corrected chi connectivity index (χ2v) is 3.41. The minimum absolute atomic E-state index is 0.459. The van der Waals surface area contributed by atoms with Crippen LogP contribution in [0.2, 0.25) is 0 Å². The molecule has 1 rings (SSSR count). The Labute approximate surface area is 67.9 Å². The van der Waals surface area contributed by atoms with Crippen molar-refractivity contribution in [2.45, 2.75) is 31.3 Å². The Morgan fingerprint density at radius 2 is 2.09 bits per heavy atom. The van der Waals surface area contributed by atoms with Gasteiger partial charge in [-0.15, -0.1) is 0 Å². The van der Waals surface area contributed by atoms with Gasteiger partial charge in [-0.05, 0) is 25.7 Å². The first-order valence-electron chi connectivity index (χ1n) is 4.04. The number of allylic oxidation sites excluding steroid dienone is 1. The van der Waals surface area contributed by atoms with Crippen molar-refractivity contribution in [2.75, 3.05) is 13.7 Å². The Hall–Kier alpha value is -0.340. The molecule has 0 amide bonds. The molecule has 1 N–H and O–H groups in total. The molecule has 1 aliphatic rings. The molecule has 0 bridgehead atoms. The molecule has 11 heavy (non-hydrogen) atoms. The van der Waals surface area contributed by atoms with E-state index in [1.807, 2.05) is 0 Å². The molecular formula is C9H16O2. The van der Waals surface area contributed by atoms with Crippen LogP contribution in [0.15, 0.2) is 12.2 Å². The minimum Gasteiger partial charge on any atom is -0.387 e. The van der Waals surface area contributed by atoms with E-state index in [1.165, 1.54) is 5.57 Å². The highest BCUT2D eigenvalue weighted by atomic mass is 16.5. The topological polar surface area (TPSA) is 29.5 Å². The van der Waals surface area contributed by atoms with Gasteiger partial charge in [0.25, 0.3) is 0 Å². The number of methoxy groups -OCH3 is 1. The molecule has 0 spiro atoms. The minimum atomic E-state index is -0.573. The Balaban J connectivity index is 2.41. The summed E-state index contributed by atoms with van der Waals surface area (Å²) >= 11 is 0. The Morgan fingerprint density at radius 3 is 2.55 bits per heavy atom. The second kappa shape index (κ2) is 3.37. The number of aliphatic hydroxyl groups is 1. The maximum Gasteiger partial charge on any atom is 0.0886 e. The smallest absolute Gasteiger partial charge is 0.0886 e. The fraction of sp³-hybridized carbons (Fsp3) is 0.778. The zero-order valence-electron chi connectivity index (χ0n) is 7.10. The van der Waals surface area contributed by atoms with Crippen molar-refractivity contribution < 1.29 is 9.84 Å². The van der Waals surface area contributed by atoms with E-state index in [0.717, 1.165) is 25.7 Å². The summed E-state index contributed by atoms with van der Waals surface area (Å²) in [7, 11) is 1.63. The molecule has 64 valence electrons.